The van der Waals surface area contributed by atoms with E-state index in [9.17, 15) is 14.7 Å². The van der Waals surface area contributed by atoms with Crippen LogP contribution in [0, 0.1) is 5.41 Å². The van der Waals surface area contributed by atoms with Crippen molar-refractivity contribution in [3.05, 3.63) is 35.4 Å². The third kappa shape index (κ3) is 3.08. The molecule has 1 aromatic carbocycles. The molecule has 1 amide bonds. The molecule has 2 atom stereocenters. The molecule has 0 saturated heterocycles. The van der Waals surface area contributed by atoms with E-state index in [2.05, 4.69) is 5.32 Å². The Hall–Kier alpha value is -1.88. The Morgan fingerprint density at radius 3 is 2.81 bits per heavy atom. The second-order valence-electron chi connectivity index (χ2n) is 5.84. The van der Waals surface area contributed by atoms with E-state index in [1.165, 1.54) is 0 Å². The van der Waals surface area contributed by atoms with Crippen molar-refractivity contribution >= 4 is 11.9 Å². The van der Waals surface area contributed by atoms with Crippen LogP contribution in [0.1, 0.15) is 42.1 Å². The summed E-state index contributed by atoms with van der Waals surface area (Å²) < 4.78 is 0. The Balaban J connectivity index is 2.17. The Morgan fingerprint density at radius 2 is 2.14 bits per heavy atom. The van der Waals surface area contributed by atoms with E-state index in [1.807, 2.05) is 12.1 Å². The summed E-state index contributed by atoms with van der Waals surface area (Å²) in [6.45, 7) is 2.18. The van der Waals surface area contributed by atoms with Crippen LogP contribution >= 0.6 is 0 Å². The van der Waals surface area contributed by atoms with Crippen molar-refractivity contribution in [2.45, 2.75) is 38.6 Å². The minimum Gasteiger partial charge on any atom is -0.481 e. The fourth-order valence-corrected chi connectivity index (χ4v) is 3.00. The molecule has 4 N–H and O–H groups in total. The number of nitrogens with two attached hydrogens (primary N) is 1. The van der Waals surface area contributed by atoms with Crippen molar-refractivity contribution in [3.8, 4) is 0 Å². The van der Waals surface area contributed by atoms with Crippen molar-refractivity contribution in [3.63, 3.8) is 0 Å². The highest BCUT2D eigenvalue weighted by Gasteiger charge is 2.46. The third-order valence-corrected chi connectivity index (χ3v) is 4.43. The molecule has 5 nitrogen and oxygen atoms in total. The van der Waals surface area contributed by atoms with Gasteiger partial charge in [-0.1, -0.05) is 24.6 Å². The van der Waals surface area contributed by atoms with Crippen LogP contribution in [0.3, 0.4) is 0 Å². The average Bonchev–Trinajstić information content (AvgIpc) is 2.82. The molecule has 1 saturated carbocycles. The monoisotopic (exact) mass is 290 g/mol. The maximum absolute atomic E-state index is 12.5. The van der Waals surface area contributed by atoms with E-state index in [-0.39, 0.29) is 11.9 Å². The minimum absolute atomic E-state index is 0.210. The molecule has 2 unspecified atom stereocenters. The van der Waals surface area contributed by atoms with Crippen LogP contribution in [0.2, 0.25) is 0 Å². The summed E-state index contributed by atoms with van der Waals surface area (Å²) in [5.41, 5.74) is 6.17. The third-order valence-electron chi connectivity index (χ3n) is 4.43. The Kier molecular flexibility index (Phi) is 4.63. The number of benzene rings is 1. The molecular weight excluding hydrogens is 268 g/mol. The van der Waals surface area contributed by atoms with Gasteiger partial charge in [-0.05, 0) is 44.4 Å². The SMILES string of the molecule is CC1(C(=O)O)CCCC1NC(=O)c1ccccc1CCN. The quantitative estimate of drug-likeness (QED) is 0.767. The van der Waals surface area contributed by atoms with Crippen molar-refractivity contribution < 1.29 is 14.7 Å². The van der Waals surface area contributed by atoms with E-state index in [1.54, 1.807) is 19.1 Å². The molecule has 114 valence electrons. The molecule has 0 radical (unpaired) electrons. The number of nitrogens with one attached hydrogen (secondary N) is 1. The zero-order chi connectivity index (χ0) is 15.5. The van der Waals surface area contributed by atoms with Crippen LogP contribution in [0.15, 0.2) is 24.3 Å². The van der Waals surface area contributed by atoms with Gasteiger partial charge in [-0.3, -0.25) is 9.59 Å². The molecule has 0 bridgehead atoms. The van der Waals surface area contributed by atoms with Crippen molar-refractivity contribution in [2.75, 3.05) is 6.54 Å². The summed E-state index contributed by atoms with van der Waals surface area (Å²) in [4.78, 5) is 23.9. The maximum Gasteiger partial charge on any atom is 0.311 e. The molecule has 1 aliphatic rings. The number of hydrogen-bond acceptors (Lipinski definition) is 3. The fraction of sp³-hybridized carbons (Fsp3) is 0.500. The normalized spacial score (nSPS) is 24.8. The van der Waals surface area contributed by atoms with Gasteiger partial charge in [0.25, 0.3) is 5.91 Å². The van der Waals surface area contributed by atoms with E-state index >= 15 is 0 Å². The lowest BCUT2D eigenvalue weighted by Crippen LogP contribution is -2.47. The van der Waals surface area contributed by atoms with E-state index in [4.69, 9.17) is 5.73 Å². The molecule has 0 spiro atoms. The predicted molar refractivity (Wildman–Crippen MR) is 80.0 cm³/mol. The summed E-state index contributed by atoms with van der Waals surface area (Å²) in [6, 6.07) is 6.99. The van der Waals surface area contributed by atoms with Crippen LogP contribution in [0.5, 0.6) is 0 Å². The number of carbonyl (C=O) groups excluding carboxylic acids is 1. The van der Waals surface area contributed by atoms with Crippen LogP contribution in [-0.2, 0) is 11.2 Å². The largest absolute Gasteiger partial charge is 0.481 e. The summed E-state index contributed by atoms with van der Waals surface area (Å²) in [7, 11) is 0. The van der Waals surface area contributed by atoms with Crippen molar-refractivity contribution in [1.29, 1.82) is 0 Å². The van der Waals surface area contributed by atoms with E-state index in [0.717, 1.165) is 12.0 Å². The topological polar surface area (TPSA) is 92.4 Å². The molecule has 1 fully saturated rings. The lowest BCUT2D eigenvalue weighted by Gasteiger charge is -2.28. The number of rotatable bonds is 5. The molecule has 1 aromatic rings. The van der Waals surface area contributed by atoms with Gasteiger partial charge in [0, 0.05) is 11.6 Å². The van der Waals surface area contributed by atoms with Gasteiger partial charge in [0.15, 0.2) is 0 Å². The standard InChI is InChI=1S/C16H22N2O3/c1-16(15(20)21)9-4-7-13(16)18-14(19)12-6-3-2-5-11(12)8-10-17/h2-3,5-6,13H,4,7-10,17H2,1H3,(H,18,19)(H,20,21). The highest BCUT2D eigenvalue weighted by atomic mass is 16.4. The molecular formula is C16H22N2O3. The maximum atomic E-state index is 12.5. The first-order valence-electron chi connectivity index (χ1n) is 7.31. The molecule has 2 rings (SSSR count). The average molecular weight is 290 g/mol. The van der Waals surface area contributed by atoms with Crippen molar-refractivity contribution in [1.82, 2.24) is 5.32 Å². The van der Waals surface area contributed by atoms with E-state index < -0.39 is 11.4 Å². The molecule has 0 aliphatic heterocycles. The second kappa shape index (κ2) is 6.26. The number of carboxylic acid groups (broad SMARTS) is 1. The van der Waals surface area contributed by atoms with Gasteiger partial charge in [0.2, 0.25) is 0 Å². The van der Waals surface area contributed by atoms with Gasteiger partial charge in [0.1, 0.15) is 0 Å². The number of aliphatic carboxylic acids is 1. The molecule has 21 heavy (non-hydrogen) atoms. The van der Waals surface area contributed by atoms with Gasteiger partial charge in [0.05, 0.1) is 5.41 Å². The van der Waals surface area contributed by atoms with Crippen LogP contribution in [-0.4, -0.2) is 29.6 Å². The fourth-order valence-electron chi connectivity index (χ4n) is 3.00. The first kappa shape index (κ1) is 15.5. The zero-order valence-corrected chi connectivity index (χ0v) is 12.3. The predicted octanol–water partition coefficient (Wildman–Crippen LogP) is 1.56. The lowest BCUT2D eigenvalue weighted by atomic mass is 9.84. The van der Waals surface area contributed by atoms with Crippen molar-refractivity contribution in [2.24, 2.45) is 11.1 Å². The Morgan fingerprint density at radius 1 is 1.43 bits per heavy atom. The van der Waals surface area contributed by atoms with Crippen LogP contribution < -0.4 is 11.1 Å². The minimum atomic E-state index is -0.877. The first-order valence-corrected chi connectivity index (χ1v) is 7.31. The summed E-state index contributed by atoms with van der Waals surface area (Å²) in [5, 5.41) is 12.3. The second-order valence-corrected chi connectivity index (χ2v) is 5.84. The number of amides is 1. The summed E-state index contributed by atoms with van der Waals surface area (Å²) in [6.07, 6.45) is 2.74. The highest BCUT2D eigenvalue weighted by molar-refractivity contribution is 5.96. The zero-order valence-electron chi connectivity index (χ0n) is 12.3. The Labute approximate surface area is 124 Å². The number of hydrogen-bond donors (Lipinski definition) is 3. The van der Waals surface area contributed by atoms with Gasteiger partial charge < -0.3 is 16.2 Å². The molecule has 0 aromatic heterocycles. The summed E-state index contributed by atoms with van der Waals surface area (Å²) >= 11 is 0. The first-order chi connectivity index (χ1) is 9.99. The molecule has 5 heteroatoms. The Bertz CT molecular complexity index is 544. The van der Waals surface area contributed by atoms with Gasteiger partial charge >= 0.3 is 5.97 Å². The number of carbonyl (C=O) groups is 2. The van der Waals surface area contributed by atoms with Crippen LogP contribution in [0.4, 0.5) is 0 Å². The van der Waals surface area contributed by atoms with Gasteiger partial charge in [-0.25, -0.2) is 0 Å². The van der Waals surface area contributed by atoms with Gasteiger partial charge in [-0.15, -0.1) is 0 Å². The molecule has 1 aliphatic carbocycles. The lowest BCUT2D eigenvalue weighted by molar-refractivity contribution is -0.148. The van der Waals surface area contributed by atoms with Gasteiger partial charge in [-0.2, -0.15) is 0 Å². The highest BCUT2D eigenvalue weighted by Crippen LogP contribution is 2.38. The number of carboxylic acids is 1. The van der Waals surface area contributed by atoms with Crippen LogP contribution in [0.25, 0.3) is 0 Å². The smallest absolute Gasteiger partial charge is 0.311 e. The molecule has 0 heterocycles. The summed E-state index contributed by atoms with van der Waals surface area (Å²) in [5.74, 6) is -1.06. The van der Waals surface area contributed by atoms with E-state index in [0.29, 0.717) is 31.4 Å².